The first-order valence-corrected chi connectivity index (χ1v) is 9.35. The number of carbonyl (C=O) groups is 4. The summed E-state index contributed by atoms with van der Waals surface area (Å²) in [4.78, 5) is 48.6. The summed E-state index contributed by atoms with van der Waals surface area (Å²) < 4.78 is 14.5. The number of hydrogen-bond donors (Lipinski definition) is 1. The number of aryl methyl sites for hydroxylation is 2. The van der Waals surface area contributed by atoms with Gasteiger partial charge in [0.15, 0.2) is 6.61 Å². The molecule has 0 saturated carbocycles. The van der Waals surface area contributed by atoms with Crippen molar-refractivity contribution >= 4 is 40.2 Å². The van der Waals surface area contributed by atoms with Gasteiger partial charge in [-0.2, -0.15) is 0 Å². The van der Waals surface area contributed by atoms with Crippen LogP contribution in [0.4, 0.5) is 5.00 Å². The molecular weight excluding hydrogens is 398 g/mol. The average Bonchev–Trinajstić information content (AvgIpc) is 3.02. The van der Waals surface area contributed by atoms with E-state index in [1.54, 1.807) is 26.0 Å². The number of ether oxygens (including phenoxy) is 3. The van der Waals surface area contributed by atoms with E-state index >= 15 is 0 Å². The predicted octanol–water partition coefficient (Wildman–Crippen LogP) is 3.04. The van der Waals surface area contributed by atoms with E-state index in [2.05, 4.69) is 10.1 Å². The van der Waals surface area contributed by atoms with E-state index in [-0.39, 0.29) is 15.4 Å². The Labute approximate surface area is 171 Å². The van der Waals surface area contributed by atoms with Crippen LogP contribution in [0.3, 0.4) is 0 Å². The van der Waals surface area contributed by atoms with Crippen LogP contribution in [0, 0.1) is 20.8 Å². The SMILES string of the molecule is COC(=O)c1sc(NC(=O)COC(=O)c2cc(C)ccc2C)c(C(=O)OC)c1C. The minimum atomic E-state index is -0.711. The zero-order chi connectivity index (χ0) is 21.7. The lowest BCUT2D eigenvalue weighted by molar-refractivity contribution is -0.119. The molecule has 0 unspecified atom stereocenters. The topological polar surface area (TPSA) is 108 Å². The van der Waals surface area contributed by atoms with Crippen LogP contribution in [0.5, 0.6) is 0 Å². The van der Waals surface area contributed by atoms with Crippen molar-refractivity contribution in [1.82, 2.24) is 0 Å². The lowest BCUT2D eigenvalue weighted by Gasteiger charge is -2.09. The van der Waals surface area contributed by atoms with Crippen molar-refractivity contribution in [3.05, 3.63) is 50.9 Å². The molecule has 1 aromatic heterocycles. The minimum absolute atomic E-state index is 0.0482. The first-order valence-electron chi connectivity index (χ1n) is 8.53. The molecule has 8 nitrogen and oxygen atoms in total. The Morgan fingerprint density at radius 1 is 0.966 bits per heavy atom. The van der Waals surface area contributed by atoms with Gasteiger partial charge in [-0.1, -0.05) is 17.7 Å². The zero-order valence-corrected chi connectivity index (χ0v) is 17.5. The van der Waals surface area contributed by atoms with Crippen molar-refractivity contribution in [3.63, 3.8) is 0 Å². The zero-order valence-electron chi connectivity index (χ0n) is 16.7. The maximum atomic E-state index is 12.3. The van der Waals surface area contributed by atoms with Crippen molar-refractivity contribution in [1.29, 1.82) is 0 Å². The fourth-order valence-electron chi connectivity index (χ4n) is 2.56. The Kier molecular flexibility index (Phi) is 7.11. The van der Waals surface area contributed by atoms with Crippen LogP contribution in [0.1, 0.15) is 47.1 Å². The molecule has 1 aromatic carbocycles. The Balaban J connectivity index is 2.16. The summed E-state index contributed by atoms with van der Waals surface area (Å²) in [6.07, 6.45) is 0. The molecule has 29 heavy (non-hydrogen) atoms. The fourth-order valence-corrected chi connectivity index (χ4v) is 3.69. The summed E-state index contributed by atoms with van der Waals surface area (Å²) in [7, 11) is 2.40. The molecule has 0 aliphatic carbocycles. The summed E-state index contributed by atoms with van der Waals surface area (Å²) in [6.45, 7) is 4.60. The Morgan fingerprint density at radius 3 is 2.24 bits per heavy atom. The molecule has 0 radical (unpaired) electrons. The molecule has 0 aliphatic rings. The average molecular weight is 419 g/mol. The number of hydrogen-bond acceptors (Lipinski definition) is 8. The number of rotatable bonds is 6. The summed E-state index contributed by atoms with van der Waals surface area (Å²) >= 11 is 0.878. The van der Waals surface area contributed by atoms with Gasteiger partial charge in [-0.15, -0.1) is 11.3 Å². The monoisotopic (exact) mass is 419 g/mol. The van der Waals surface area contributed by atoms with Crippen molar-refractivity contribution in [3.8, 4) is 0 Å². The Hall–Kier alpha value is -3.20. The molecule has 1 N–H and O–H groups in total. The number of amides is 1. The largest absolute Gasteiger partial charge is 0.465 e. The number of nitrogens with one attached hydrogen (secondary N) is 1. The smallest absolute Gasteiger partial charge is 0.348 e. The van der Waals surface area contributed by atoms with Gasteiger partial charge in [-0.3, -0.25) is 4.79 Å². The van der Waals surface area contributed by atoms with E-state index in [0.29, 0.717) is 11.1 Å². The lowest BCUT2D eigenvalue weighted by Crippen LogP contribution is -2.22. The molecule has 0 bridgehead atoms. The molecule has 1 amide bonds. The van der Waals surface area contributed by atoms with Crippen LogP contribution in [-0.4, -0.2) is 44.6 Å². The van der Waals surface area contributed by atoms with Crippen molar-refractivity contribution in [2.75, 3.05) is 26.1 Å². The molecule has 0 saturated heterocycles. The third-order valence-corrected chi connectivity index (χ3v) is 5.29. The van der Waals surface area contributed by atoms with E-state index < -0.39 is 30.4 Å². The quantitative estimate of drug-likeness (QED) is 0.566. The van der Waals surface area contributed by atoms with Gasteiger partial charge in [0.05, 0.1) is 25.3 Å². The maximum Gasteiger partial charge on any atom is 0.348 e. The standard InChI is InChI=1S/C20H21NO7S/c1-10-6-7-11(2)13(8-10)18(23)28-9-14(22)21-17-15(19(24)26-4)12(3)16(29-17)20(25)27-5/h6-8H,9H2,1-5H3,(H,21,22). The molecule has 154 valence electrons. The third-order valence-electron chi connectivity index (χ3n) is 4.11. The van der Waals surface area contributed by atoms with E-state index in [0.717, 1.165) is 22.5 Å². The Morgan fingerprint density at radius 2 is 1.62 bits per heavy atom. The van der Waals surface area contributed by atoms with Gasteiger partial charge in [0.2, 0.25) is 0 Å². The number of esters is 3. The second-order valence-electron chi connectivity index (χ2n) is 6.19. The summed E-state index contributed by atoms with van der Waals surface area (Å²) in [5.41, 5.74) is 2.36. The van der Waals surface area contributed by atoms with Crippen molar-refractivity contribution in [2.24, 2.45) is 0 Å². The number of benzene rings is 1. The first-order chi connectivity index (χ1) is 13.7. The first kappa shape index (κ1) is 22.1. The minimum Gasteiger partial charge on any atom is -0.465 e. The number of methoxy groups -OCH3 is 2. The molecule has 2 rings (SSSR count). The molecule has 9 heteroatoms. The summed E-state index contributed by atoms with van der Waals surface area (Å²) in [6, 6.07) is 5.33. The van der Waals surface area contributed by atoms with Gasteiger partial charge >= 0.3 is 17.9 Å². The molecule has 2 aromatic rings. The van der Waals surface area contributed by atoms with Crippen LogP contribution in [0.25, 0.3) is 0 Å². The van der Waals surface area contributed by atoms with Crippen LogP contribution in [-0.2, 0) is 19.0 Å². The lowest BCUT2D eigenvalue weighted by atomic mass is 10.1. The number of carbonyl (C=O) groups excluding carboxylic acids is 4. The fraction of sp³-hybridized carbons (Fsp3) is 0.300. The second-order valence-corrected chi connectivity index (χ2v) is 7.21. The van der Waals surface area contributed by atoms with Gasteiger partial charge in [-0.05, 0) is 38.0 Å². The third kappa shape index (κ3) is 5.00. The van der Waals surface area contributed by atoms with Gasteiger partial charge in [0.1, 0.15) is 9.88 Å². The highest BCUT2D eigenvalue weighted by atomic mass is 32.1. The van der Waals surface area contributed by atoms with Crippen LogP contribution >= 0.6 is 11.3 Å². The highest BCUT2D eigenvalue weighted by Gasteiger charge is 2.27. The van der Waals surface area contributed by atoms with Gasteiger partial charge < -0.3 is 19.5 Å². The van der Waals surface area contributed by atoms with E-state index in [1.807, 2.05) is 13.0 Å². The molecule has 0 spiro atoms. The van der Waals surface area contributed by atoms with E-state index in [9.17, 15) is 19.2 Å². The van der Waals surface area contributed by atoms with Crippen LogP contribution < -0.4 is 5.32 Å². The highest BCUT2D eigenvalue weighted by molar-refractivity contribution is 7.18. The van der Waals surface area contributed by atoms with Crippen molar-refractivity contribution in [2.45, 2.75) is 20.8 Å². The number of anilines is 1. The highest BCUT2D eigenvalue weighted by Crippen LogP contribution is 2.34. The van der Waals surface area contributed by atoms with Crippen molar-refractivity contribution < 1.29 is 33.4 Å². The Bertz CT molecular complexity index is 977. The number of thiophene rings is 1. The summed E-state index contributed by atoms with van der Waals surface area (Å²) in [5.74, 6) is -2.64. The van der Waals surface area contributed by atoms with Gasteiger partial charge in [0.25, 0.3) is 5.91 Å². The predicted molar refractivity (Wildman–Crippen MR) is 107 cm³/mol. The molecule has 0 atom stereocenters. The summed E-state index contributed by atoms with van der Waals surface area (Å²) in [5, 5.41) is 2.61. The molecular formula is C20H21NO7S. The van der Waals surface area contributed by atoms with Gasteiger partial charge in [-0.25, -0.2) is 14.4 Å². The molecule has 1 heterocycles. The second kappa shape index (κ2) is 9.33. The van der Waals surface area contributed by atoms with Crippen LogP contribution in [0.2, 0.25) is 0 Å². The maximum absolute atomic E-state index is 12.3. The van der Waals surface area contributed by atoms with Gasteiger partial charge in [0, 0.05) is 0 Å². The van der Waals surface area contributed by atoms with E-state index in [4.69, 9.17) is 9.47 Å². The molecule has 0 fully saturated rings. The normalized spacial score (nSPS) is 10.2. The van der Waals surface area contributed by atoms with E-state index in [1.165, 1.54) is 14.2 Å². The molecule has 0 aliphatic heterocycles. The van der Waals surface area contributed by atoms with Crippen LogP contribution in [0.15, 0.2) is 18.2 Å².